The first-order chi connectivity index (χ1) is 16.0. The van der Waals surface area contributed by atoms with E-state index in [0.717, 1.165) is 59.9 Å². The number of nitrogens with zero attached hydrogens (tertiary/aromatic N) is 3. The lowest BCUT2D eigenvalue weighted by molar-refractivity contribution is 0.0923. The van der Waals surface area contributed by atoms with Gasteiger partial charge in [0.15, 0.2) is 0 Å². The van der Waals surface area contributed by atoms with Gasteiger partial charge in [-0.3, -0.25) is 9.89 Å². The smallest absolute Gasteiger partial charge is 0.251 e. The van der Waals surface area contributed by atoms with Gasteiger partial charge in [0.25, 0.3) is 5.91 Å². The first-order valence-corrected chi connectivity index (χ1v) is 11.9. The third-order valence-corrected chi connectivity index (χ3v) is 7.16. The molecule has 0 radical (unpaired) electrons. The Kier molecular flexibility index (Phi) is 4.73. The predicted molar refractivity (Wildman–Crippen MR) is 131 cm³/mol. The highest BCUT2D eigenvalue weighted by molar-refractivity contribution is 6.07. The summed E-state index contributed by atoms with van der Waals surface area (Å²) < 4.78 is 0. The van der Waals surface area contributed by atoms with E-state index in [9.17, 15) is 4.79 Å². The molecule has 2 heterocycles. The number of aromatic amines is 1. The van der Waals surface area contributed by atoms with Crippen LogP contribution in [-0.4, -0.2) is 52.2 Å². The van der Waals surface area contributed by atoms with E-state index in [2.05, 4.69) is 58.8 Å². The maximum atomic E-state index is 12.9. The van der Waals surface area contributed by atoms with Crippen molar-refractivity contribution in [3.63, 3.8) is 0 Å². The zero-order chi connectivity index (χ0) is 22.6. The Balaban J connectivity index is 1.36. The number of amides is 1. The molecule has 0 aliphatic heterocycles. The lowest BCUT2D eigenvalue weighted by atomic mass is 9.85. The highest BCUT2D eigenvalue weighted by Crippen LogP contribution is 2.38. The summed E-state index contributed by atoms with van der Waals surface area (Å²) in [6.07, 6.45) is 8.51. The minimum Gasteiger partial charge on any atom is -0.345 e. The Labute approximate surface area is 193 Å². The van der Waals surface area contributed by atoms with Gasteiger partial charge in [-0.05, 0) is 88.0 Å². The second-order valence-electron chi connectivity index (χ2n) is 9.97. The summed E-state index contributed by atoms with van der Waals surface area (Å²) in [5, 5.41) is 13.0. The fraction of sp³-hybridized carbons (Fsp3) is 0.370. The quantitative estimate of drug-likeness (QED) is 0.481. The Morgan fingerprint density at radius 3 is 2.55 bits per heavy atom. The Hall–Kier alpha value is -3.25. The summed E-state index contributed by atoms with van der Waals surface area (Å²) in [5.41, 5.74) is 7.61. The number of aryl methyl sites for hydroxylation is 1. The van der Waals surface area contributed by atoms with Crippen LogP contribution < -0.4 is 5.32 Å². The van der Waals surface area contributed by atoms with Crippen LogP contribution in [0.3, 0.4) is 0 Å². The van der Waals surface area contributed by atoms with Crippen LogP contribution in [0.4, 0.5) is 0 Å². The monoisotopic (exact) mass is 439 g/mol. The van der Waals surface area contributed by atoms with E-state index in [1.165, 1.54) is 29.4 Å². The number of likely N-dealkylation sites (N-methyl/N-ethyl adjacent to an activating group) is 1. The second kappa shape index (κ2) is 7.66. The van der Waals surface area contributed by atoms with Crippen LogP contribution >= 0.6 is 0 Å². The minimum absolute atomic E-state index is 0.0109. The van der Waals surface area contributed by atoms with Crippen molar-refractivity contribution in [1.29, 1.82) is 0 Å². The molecule has 4 aromatic rings. The molecule has 6 nitrogen and oxygen atoms in total. The van der Waals surface area contributed by atoms with Crippen LogP contribution in [0.5, 0.6) is 0 Å². The normalized spacial score (nSPS) is 16.8. The van der Waals surface area contributed by atoms with Crippen molar-refractivity contribution in [3.05, 3.63) is 59.3 Å². The van der Waals surface area contributed by atoms with E-state index in [0.29, 0.717) is 5.56 Å². The molecule has 0 unspecified atom stereocenters. The molecule has 1 saturated carbocycles. The summed E-state index contributed by atoms with van der Waals surface area (Å²) in [6, 6.07) is 12.1. The van der Waals surface area contributed by atoms with E-state index in [4.69, 9.17) is 4.98 Å². The highest BCUT2D eigenvalue weighted by Gasteiger charge is 2.44. The fourth-order valence-electron chi connectivity index (χ4n) is 5.46. The van der Waals surface area contributed by atoms with Gasteiger partial charge in [0.2, 0.25) is 0 Å². The van der Waals surface area contributed by atoms with E-state index in [1.54, 1.807) is 0 Å². The fourth-order valence-corrected chi connectivity index (χ4v) is 5.46. The largest absolute Gasteiger partial charge is 0.345 e. The summed E-state index contributed by atoms with van der Waals surface area (Å²) >= 11 is 0. The van der Waals surface area contributed by atoms with Crippen LogP contribution in [0.1, 0.15) is 47.2 Å². The molecule has 6 heteroatoms. The molecule has 2 aromatic carbocycles. The van der Waals surface area contributed by atoms with Crippen LogP contribution in [0.15, 0.2) is 42.6 Å². The number of fused-ring (bicyclic) bond motifs is 5. The maximum absolute atomic E-state index is 12.9. The molecular weight excluding hydrogens is 410 g/mol. The maximum Gasteiger partial charge on any atom is 0.251 e. The highest BCUT2D eigenvalue weighted by atomic mass is 16.1. The minimum atomic E-state index is -0.0589. The van der Waals surface area contributed by atoms with Gasteiger partial charge in [-0.25, -0.2) is 4.98 Å². The second-order valence-corrected chi connectivity index (χ2v) is 9.97. The number of hydrogen-bond donors (Lipinski definition) is 2. The van der Waals surface area contributed by atoms with Gasteiger partial charge in [-0.1, -0.05) is 12.1 Å². The average molecular weight is 440 g/mol. The molecule has 168 valence electrons. The molecule has 2 aliphatic carbocycles. The van der Waals surface area contributed by atoms with Gasteiger partial charge in [0.05, 0.1) is 28.5 Å². The van der Waals surface area contributed by atoms with Gasteiger partial charge in [-0.15, -0.1) is 0 Å². The lowest BCUT2D eigenvalue weighted by Gasteiger charge is -2.22. The van der Waals surface area contributed by atoms with Crippen molar-refractivity contribution < 1.29 is 4.79 Å². The number of benzene rings is 2. The number of carbonyl (C=O) groups excluding carboxylic acids is 1. The van der Waals surface area contributed by atoms with Crippen molar-refractivity contribution in [2.75, 3.05) is 20.6 Å². The summed E-state index contributed by atoms with van der Waals surface area (Å²) in [7, 11) is 4.10. The van der Waals surface area contributed by atoms with Crippen LogP contribution in [-0.2, 0) is 12.8 Å². The molecule has 2 N–H and O–H groups in total. The van der Waals surface area contributed by atoms with E-state index < -0.39 is 0 Å². The van der Waals surface area contributed by atoms with Gasteiger partial charge in [-0.2, -0.15) is 5.10 Å². The third kappa shape index (κ3) is 3.59. The van der Waals surface area contributed by atoms with Crippen molar-refractivity contribution in [2.45, 2.75) is 44.1 Å². The standard InChI is InChI=1S/C27H29N5O/c1-32(2)16-27(13-14-27)30-26(33)18-9-7-17(8-10-18)25-20-6-4-3-5-19(20)24-21-15-28-31-22(21)11-12-23(24)29-25/h7-12,15H,3-6,13-14,16H2,1-2H3,(H,28,31)(H,30,33). The Bertz CT molecular complexity index is 1370. The van der Waals surface area contributed by atoms with Crippen molar-refractivity contribution in [3.8, 4) is 11.3 Å². The number of carbonyl (C=O) groups is 1. The number of pyridine rings is 1. The molecule has 2 aromatic heterocycles. The van der Waals surface area contributed by atoms with Crippen LogP contribution in [0.2, 0.25) is 0 Å². The average Bonchev–Trinajstić information content (AvgIpc) is 3.38. The van der Waals surface area contributed by atoms with Crippen LogP contribution in [0.25, 0.3) is 33.1 Å². The number of aromatic nitrogens is 3. The summed E-state index contributed by atoms with van der Waals surface area (Å²) in [4.78, 5) is 20.1. The summed E-state index contributed by atoms with van der Waals surface area (Å²) in [6.45, 7) is 0.883. The van der Waals surface area contributed by atoms with E-state index in [-0.39, 0.29) is 11.4 Å². The first-order valence-electron chi connectivity index (χ1n) is 11.9. The van der Waals surface area contributed by atoms with E-state index in [1.807, 2.05) is 18.3 Å². The Morgan fingerprint density at radius 1 is 1.06 bits per heavy atom. The molecule has 6 rings (SSSR count). The number of hydrogen-bond acceptors (Lipinski definition) is 4. The SMILES string of the molecule is CN(C)CC1(NC(=O)c2ccc(-c3nc4ccc5[nH]ncc5c4c4c3CCCC4)cc2)CC1. The van der Waals surface area contributed by atoms with E-state index >= 15 is 0 Å². The molecule has 0 spiro atoms. The van der Waals surface area contributed by atoms with Gasteiger partial charge >= 0.3 is 0 Å². The zero-order valence-electron chi connectivity index (χ0n) is 19.2. The van der Waals surface area contributed by atoms with Crippen molar-refractivity contribution in [2.24, 2.45) is 0 Å². The van der Waals surface area contributed by atoms with Gasteiger partial charge in [0.1, 0.15) is 0 Å². The summed E-state index contributed by atoms with van der Waals surface area (Å²) in [5.74, 6) is 0.0109. The molecule has 0 bridgehead atoms. The third-order valence-electron chi connectivity index (χ3n) is 7.16. The van der Waals surface area contributed by atoms with Gasteiger partial charge < -0.3 is 10.2 Å². The molecule has 0 saturated heterocycles. The van der Waals surface area contributed by atoms with Gasteiger partial charge in [0, 0.05) is 28.4 Å². The number of nitrogens with one attached hydrogen (secondary N) is 2. The molecule has 0 atom stereocenters. The lowest BCUT2D eigenvalue weighted by Crippen LogP contribution is -2.43. The molecule has 33 heavy (non-hydrogen) atoms. The number of rotatable bonds is 5. The molecule has 2 aliphatic rings. The molecule has 1 fully saturated rings. The molecular formula is C27H29N5O. The zero-order valence-corrected chi connectivity index (χ0v) is 19.2. The van der Waals surface area contributed by atoms with Crippen molar-refractivity contribution >= 4 is 27.7 Å². The topological polar surface area (TPSA) is 73.9 Å². The first kappa shape index (κ1) is 20.4. The number of H-pyrrole nitrogens is 1. The Morgan fingerprint density at radius 2 is 1.82 bits per heavy atom. The van der Waals surface area contributed by atoms with Crippen LogP contribution in [0, 0.1) is 0 Å². The van der Waals surface area contributed by atoms with Crippen molar-refractivity contribution in [1.82, 2.24) is 25.4 Å². The molecule has 1 amide bonds. The predicted octanol–water partition coefficient (Wildman–Crippen LogP) is 4.48.